The lowest BCUT2D eigenvalue weighted by molar-refractivity contribution is 0.565. The zero-order valence-corrected chi connectivity index (χ0v) is 14.4. The standard InChI is InChI=1S/C17H24BrN3/c1-3-5-7-13(6-4-2)21-16-9-8-15(19)14-10-12(18)11-20-17(14)16/h8-11,13,21H,3-7,19H2,1-2H3. The molecule has 2 aromatic rings. The van der Waals surface area contributed by atoms with E-state index < -0.39 is 0 Å². The number of hydrogen-bond acceptors (Lipinski definition) is 3. The molecule has 1 aromatic heterocycles. The van der Waals surface area contributed by atoms with Crippen LogP contribution in [0, 0.1) is 0 Å². The predicted molar refractivity (Wildman–Crippen MR) is 95.7 cm³/mol. The first-order valence-corrected chi connectivity index (χ1v) is 8.55. The van der Waals surface area contributed by atoms with Crippen molar-refractivity contribution in [2.75, 3.05) is 11.1 Å². The van der Waals surface area contributed by atoms with E-state index in [1.54, 1.807) is 0 Å². The normalized spacial score (nSPS) is 12.5. The Morgan fingerprint density at radius 3 is 2.76 bits per heavy atom. The third-order valence-corrected chi connectivity index (χ3v) is 4.19. The molecule has 0 aliphatic rings. The van der Waals surface area contributed by atoms with Crippen molar-refractivity contribution in [2.45, 2.75) is 52.0 Å². The SMILES string of the molecule is CCCCC(CCC)Nc1ccc(N)c2cc(Br)cnc12. The molecule has 0 radical (unpaired) electrons. The van der Waals surface area contributed by atoms with E-state index in [2.05, 4.69) is 40.1 Å². The number of fused-ring (bicyclic) bond motifs is 1. The molecule has 0 aliphatic carbocycles. The minimum Gasteiger partial charge on any atom is -0.398 e. The van der Waals surface area contributed by atoms with E-state index in [1.165, 1.54) is 32.1 Å². The molecular formula is C17H24BrN3. The molecule has 2 rings (SSSR count). The molecule has 3 nitrogen and oxygen atoms in total. The van der Waals surface area contributed by atoms with Crippen LogP contribution in [0.25, 0.3) is 10.9 Å². The van der Waals surface area contributed by atoms with E-state index in [1.807, 2.05) is 24.4 Å². The van der Waals surface area contributed by atoms with Gasteiger partial charge in [0.15, 0.2) is 0 Å². The van der Waals surface area contributed by atoms with Crippen molar-refractivity contribution in [1.29, 1.82) is 0 Å². The number of aromatic nitrogens is 1. The maximum Gasteiger partial charge on any atom is 0.0954 e. The minimum atomic E-state index is 0.507. The molecule has 0 fully saturated rings. The first-order valence-electron chi connectivity index (χ1n) is 7.76. The number of anilines is 2. The van der Waals surface area contributed by atoms with E-state index in [0.717, 1.165) is 26.8 Å². The third-order valence-electron chi connectivity index (χ3n) is 3.75. The highest BCUT2D eigenvalue weighted by atomic mass is 79.9. The van der Waals surface area contributed by atoms with E-state index >= 15 is 0 Å². The summed E-state index contributed by atoms with van der Waals surface area (Å²) in [5.74, 6) is 0. The van der Waals surface area contributed by atoms with Gasteiger partial charge in [0.1, 0.15) is 0 Å². The van der Waals surface area contributed by atoms with Gasteiger partial charge in [-0.15, -0.1) is 0 Å². The molecule has 114 valence electrons. The first kappa shape index (κ1) is 16.1. The molecule has 0 saturated carbocycles. The quantitative estimate of drug-likeness (QED) is 0.662. The molecule has 21 heavy (non-hydrogen) atoms. The second kappa shape index (κ2) is 7.64. The van der Waals surface area contributed by atoms with Crippen LogP contribution in [0.15, 0.2) is 28.9 Å². The Balaban J connectivity index is 2.30. The molecule has 0 amide bonds. The number of unbranched alkanes of at least 4 members (excludes halogenated alkanes) is 1. The topological polar surface area (TPSA) is 50.9 Å². The lowest BCUT2D eigenvalue weighted by atomic mass is 10.0. The molecule has 0 spiro atoms. The summed E-state index contributed by atoms with van der Waals surface area (Å²) in [4.78, 5) is 4.55. The van der Waals surface area contributed by atoms with Crippen molar-refractivity contribution in [3.05, 3.63) is 28.9 Å². The number of nitrogens with two attached hydrogens (primary N) is 1. The number of nitrogens with one attached hydrogen (secondary N) is 1. The van der Waals surface area contributed by atoms with Crippen molar-refractivity contribution >= 4 is 38.2 Å². The Labute approximate surface area is 135 Å². The summed E-state index contributed by atoms with van der Waals surface area (Å²) in [6.45, 7) is 4.47. The zero-order chi connectivity index (χ0) is 15.2. The van der Waals surface area contributed by atoms with Gasteiger partial charge in [-0.1, -0.05) is 33.1 Å². The minimum absolute atomic E-state index is 0.507. The molecule has 3 N–H and O–H groups in total. The number of nitrogens with zero attached hydrogens (tertiary/aromatic N) is 1. The van der Waals surface area contributed by atoms with E-state index in [0.29, 0.717) is 6.04 Å². The highest BCUT2D eigenvalue weighted by Crippen LogP contribution is 2.30. The fourth-order valence-corrected chi connectivity index (χ4v) is 2.97. The summed E-state index contributed by atoms with van der Waals surface area (Å²) in [5.41, 5.74) is 8.88. The highest BCUT2D eigenvalue weighted by Gasteiger charge is 2.11. The summed E-state index contributed by atoms with van der Waals surface area (Å²) >= 11 is 3.46. The fourth-order valence-electron chi connectivity index (χ4n) is 2.64. The van der Waals surface area contributed by atoms with Crippen molar-refractivity contribution in [1.82, 2.24) is 4.98 Å². The van der Waals surface area contributed by atoms with Crippen molar-refractivity contribution < 1.29 is 0 Å². The van der Waals surface area contributed by atoms with Crippen LogP contribution in [0.2, 0.25) is 0 Å². The molecule has 0 bridgehead atoms. The number of nitrogen functional groups attached to an aromatic ring is 1. The van der Waals surface area contributed by atoms with Gasteiger partial charge in [-0.2, -0.15) is 0 Å². The Bertz CT molecular complexity index is 598. The van der Waals surface area contributed by atoms with E-state index in [9.17, 15) is 0 Å². The van der Waals surface area contributed by atoms with E-state index in [4.69, 9.17) is 5.73 Å². The van der Waals surface area contributed by atoms with Gasteiger partial charge >= 0.3 is 0 Å². The molecule has 1 atom stereocenters. The van der Waals surface area contributed by atoms with Gasteiger partial charge in [-0.05, 0) is 47.0 Å². The van der Waals surface area contributed by atoms with Crippen LogP contribution >= 0.6 is 15.9 Å². The van der Waals surface area contributed by atoms with Crippen molar-refractivity contribution in [2.24, 2.45) is 0 Å². The Hall–Kier alpha value is -1.29. The van der Waals surface area contributed by atoms with Gasteiger partial charge in [0.2, 0.25) is 0 Å². The number of benzene rings is 1. The Kier molecular flexibility index (Phi) is 5.85. The van der Waals surface area contributed by atoms with Crippen LogP contribution in [-0.4, -0.2) is 11.0 Å². The van der Waals surface area contributed by atoms with E-state index in [-0.39, 0.29) is 0 Å². The molecule has 1 unspecified atom stereocenters. The molecular weight excluding hydrogens is 326 g/mol. The smallest absolute Gasteiger partial charge is 0.0954 e. The maximum atomic E-state index is 6.08. The Morgan fingerprint density at radius 2 is 2.05 bits per heavy atom. The van der Waals surface area contributed by atoms with Crippen LogP contribution in [0.5, 0.6) is 0 Å². The summed E-state index contributed by atoms with van der Waals surface area (Å²) in [6.07, 6.45) is 7.88. The lowest BCUT2D eigenvalue weighted by Gasteiger charge is -2.20. The predicted octanol–water partition coefficient (Wildman–Crippen LogP) is 5.35. The number of halogens is 1. The van der Waals surface area contributed by atoms with Crippen LogP contribution in [0.3, 0.4) is 0 Å². The van der Waals surface area contributed by atoms with Gasteiger partial charge in [0.25, 0.3) is 0 Å². The molecule has 4 heteroatoms. The summed E-state index contributed by atoms with van der Waals surface area (Å²) in [7, 11) is 0. The van der Waals surface area contributed by atoms with Gasteiger partial charge in [-0.3, -0.25) is 4.98 Å². The highest BCUT2D eigenvalue weighted by molar-refractivity contribution is 9.10. The zero-order valence-electron chi connectivity index (χ0n) is 12.8. The van der Waals surface area contributed by atoms with Crippen molar-refractivity contribution in [3.8, 4) is 0 Å². The Morgan fingerprint density at radius 1 is 1.24 bits per heavy atom. The monoisotopic (exact) mass is 349 g/mol. The number of rotatable bonds is 7. The van der Waals surface area contributed by atoms with Crippen LogP contribution < -0.4 is 11.1 Å². The molecule has 0 saturated heterocycles. The average molecular weight is 350 g/mol. The van der Waals surface area contributed by atoms with Crippen LogP contribution in [0.4, 0.5) is 11.4 Å². The van der Waals surface area contributed by atoms with Gasteiger partial charge in [0, 0.05) is 27.8 Å². The average Bonchev–Trinajstić information content (AvgIpc) is 2.48. The number of pyridine rings is 1. The van der Waals surface area contributed by atoms with Gasteiger partial charge in [0.05, 0.1) is 11.2 Å². The second-order valence-electron chi connectivity index (χ2n) is 5.52. The van der Waals surface area contributed by atoms with Crippen LogP contribution in [-0.2, 0) is 0 Å². The van der Waals surface area contributed by atoms with Gasteiger partial charge in [-0.25, -0.2) is 0 Å². The summed E-state index contributed by atoms with van der Waals surface area (Å²) in [5, 5.41) is 4.67. The third kappa shape index (κ3) is 4.10. The fraction of sp³-hybridized carbons (Fsp3) is 0.471. The maximum absolute atomic E-state index is 6.08. The number of hydrogen-bond donors (Lipinski definition) is 2. The molecule has 0 aliphatic heterocycles. The molecule has 1 aromatic carbocycles. The summed E-state index contributed by atoms with van der Waals surface area (Å²) in [6, 6.07) is 6.55. The van der Waals surface area contributed by atoms with Crippen molar-refractivity contribution in [3.63, 3.8) is 0 Å². The molecule has 1 heterocycles. The lowest BCUT2D eigenvalue weighted by Crippen LogP contribution is -2.19. The largest absolute Gasteiger partial charge is 0.398 e. The van der Waals surface area contributed by atoms with Gasteiger partial charge < -0.3 is 11.1 Å². The first-order chi connectivity index (χ1) is 10.2. The second-order valence-corrected chi connectivity index (χ2v) is 6.44. The summed E-state index contributed by atoms with van der Waals surface area (Å²) < 4.78 is 0.954. The van der Waals surface area contributed by atoms with Crippen LogP contribution in [0.1, 0.15) is 46.0 Å².